The van der Waals surface area contributed by atoms with Crippen LogP contribution in [0.5, 0.6) is 5.75 Å². The van der Waals surface area contributed by atoms with Gasteiger partial charge in [-0.05, 0) is 55.3 Å². The van der Waals surface area contributed by atoms with Crippen molar-refractivity contribution in [1.82, 2.24) is 9.78 Å². The molecule has 0 aliphatic carbocycles. The third kappa shape index (κ3) is 4.70. The number of nitrogens with zero attached hydrogens (tertiary/aromatic N) is 2. The van der Waals surface area contributed by atoms with E-state index in [-0.39, 0.29) is 5.91 Å². The van der Waals surface area contributed by atoms with E-state index in [4.69, 9.17) is 4.74 Å². The van der Waals surface area contributed by atoms with Gasteiger partial charge in [0, 0.05) is 23.2 Å². The summed E-state index contributed by atoms with van der Waals surface area (Å²) in [7, 11) is 1.82. The summed E-state index contributed by atoms with van der Waals surface area (Å²) in [6.45, 7) is 4.51. The van der Waals surface area contributed by atoms with Gasteiger partial charge in [0.15, 0.2) is 0 Å². The average Bonchev–Trinajstić information content (AvgIpc) is 2.95. The number of aromatic nitrogens is 2. The number of carbonyl (C=O) groups excluding carboxylic acids is 1. The number of aryl methyl sites for hydroxylation is 2. The predicted octanol–water partition coefficient (Wildman–Crippen LogP) is 5.21. The first-order chi connectivity index (χ1) is 13.5. The second kappa shape index (κ2) is 8.89. The predicted molar refractivity (Wildman–Crippen MR) is 116 cm³/mol. The molecule has 0 spiro atoms. The SMILES string of the molecule is CCOc1ccc(/C=C/C(=O)Nc2c(-c3ccc(Br)cc3)c(C)nn2C)cc1. The zero-order valence-corrected chi connectivity index (χ0v) is 17.7. The van der Waals surface area contributed by atoms with E-state index in [0.717, 1.165) is 32.6 Å². The average molecular weight is 440 g/mol. The lowest BCUT2D eigenvalue weighted by Crippen LogP contribution is -2.12. The lowest BCUT2D eigenvalue weighted by Gasteiger charge is -2.08. The lowest BCUT2D eigenvalue weighted by atomic mass is 10.1. The molecule has 3 rings (SSSR count). The molecule has 0 unspecified atom stereocenters. The Hall–Kier alpha value is -2.86. The highest BCUT2D eigenvalue weighted by Crippen LogP contribution is 2.31. The van der Waals surface area contributed by atoms with Crippen molar-refractivity contribution in [2.24, 2.45) is 7.05 Å². The smallest absolute Gasteiger partial charge is 0.249 e. The van der Waals surface area contributed by atoms with Gasteiger partial charge in [-0.25, -0.2) is 0 Å². The number of anilines is 1. The molecule has 1 amide bonds. The first-order valence-electron chi connectivity index (χ1n) is 8.99. The summed E-state index contributed by atoms with van der Waals surface area (Å²) in [6.07, 6.45) is 3.29. The van der Waals surface area contributed by atoms with Crippen LogP contribution in [-0.4, -0.2) is 22.3 Å². The van der Waals surface area contributed by atoms with Crippen molar-refractivity contribution in [3.63, 3.8) is 0 Å². The highest BCUT2D eigenvalue weighted by Gasteiger charge is 2.16. The van der Waals surface area contributed by atoms with Crippen molar-refractivity contribution in [1.29, 1.82) is 0 Å². The first kappa shape index (κ1) is 19.9. The molecular formula is C22H22BrN3O2. The maximum Gasteiger partial charge on any atom is 0.249 e. The monoisotopic (exact) mass is 439 g/mol. The van der Waals surface area contributed by atoms with E-state index in [1.165, 1.54) is 6.08 Å². The van der Waals surface area contributed by atoms with Crippen LogP contribution in [0.4, 0.5) is 5.82 Å². The van der Waals surface area contributed by atoms with Gasteiger partial charge < -0.3 is 10.1 Å². The van der Waals surface area contributed by atoms with Gasteiger partial charge in [-0.3, -0.25) is 9.48 Å². The molecule has 1 aromatic heterocycles. The molecule has 0 aliphatic heterocycles. The second-order valence-electron chi connectivity index (χ2n) is 6.26. The van der Waals surface area contributed by atoms with E-state index in [2.05, 4.69) is 26.3 Å². The Bertz CT molecular complexity index is 990. The van der Waals surface area contributed by atoms with Crippen LogP contribution in [0, 0.1) is 6.92 Å². The Balaban J connectivity index is 1.78. The molecule has 0 saturated heterocycles. The van der Waals surface area contributed by atoms with E-state index < -0.39 is 0 Å². The molecular weight excluding hydrogens is 418 g/mol. The zero-order chi connectivity index (χ0) is 20.1. The van der Waals surface area contributed by atoms with Gasteiger partial charge in [0.2, 0.25) is 5.91 Å². The maximum atomic E-state index is 12.5. The molecule has 1 N–H and O–H groups in total. The highest BCUT2D eigenvalue weighted by atomic mass is 79.9. The minimum absolute atomic E-state index is 0.213. The Morgan fingerprint density at radius 1 is 1.18 bits per heavy atom. The fourth-order valence-electron chi connectivity index (χ4n) is 2.94. The lowest BCUT2D eigenvalue weighted by molar-refractivity contribution is -0.111. The largest absolute Gasteiger partial charge is 0.494 e. The molecule has 3 aromatic rings. The number of hydrogen-bond acceptors (Lipinski definition) is 3. The number of ether oxygens (including phenoxy) is 1. The van der Waals surface area contributed by atoms with Crippen molar-refractivity contribution in [3.05, 3.63) is 70.3 Å². The standard InChI is InChI=1S/C22H22BrN3O2/c1-4-28-19-12-5-16(6-13-19)7-14-20(27)24-22-21(15(2)25-26(22)3)17-8-10-18(23)11-9-17/h5-14H,4H2,1-3H3,(H,24,27)/b14-7+. The summed E-state index contributed by atoms with van der Waals surface area (Å²) in [5.74, 6) is 1.27. The van der Waals surface area contributed by atoms with E-state index in [9.17, 15) is 4.79 Å². The van der Waals surface area contributed by atoms with Gasteiger partial charge >= 0.3 is 0 Å². The quantitative estimate of drug-likeness (QED) is 0.536. The molecule has 28 heavy (non-hydrogen) atoms. The normalized spacial score (nSPS) is 11.0. The van der Waals surface area contributed by atoms with Crippen molar-refractivity contribution in [2.45, 2.75) is 13.8 Å². The Kier molecular flexibility index (Phi) is 6.31. The summed E-state index contributed by atoms with van der Waals surface area (Å²) >= 11 is 3.45. The van der Waals surface area contributed by atoms with Crippen LogP contribution in [0.1, 0.15) is 18.2 Å². The van der Waals surface area contributed by atoms with Crippen LogP contribution in [0.3, 0.4) is 0 Å². The number of halogens is 1. The molecule has 0 aliphatic rings. The van der Waals surface area contributed by atoms with Crippen LogP contribution >= 0.6 is 15.9 Å². The third-order valence-corrected chi connectivity index (χ3v) is 4.74. The van der Waals surface area contributed by atoms with Gasteiger partial charge in [0.25, 0.3) is 0 Å². The van der Waals surface area contributed by atoms with Crippen LogP contribution in [0.25, 0.3) is 17.2 Å². The number of amides is 1. The van der Waals surface area contributed by atoms with E-state index >= 15 is 0 Å². The number of rotatable bonds is 6. The van der Waals surface area contributed by atoms with Crippen molar-refractivity contribution in [2.75, 3.05) is 11.9 Å². The Labute approximate surface area is 173 Å². The van der Waals surface area contributed by atoms with Crippen molar-refractivity contribution in [3.8, 4) is 16.9 Å². The third-order valence-electron chi connectivity index (χ3n) is 4.21. The molecule has 5 nitrogen and oxygen atoms in total. The minimum Gasteiger partial charge on any atom is -0.494 e. The molecule has 0 fully saturated rings. The van der Waals surface area contributed by atoms with E-state index in [1.807, 2.05) is 69.4 Å². The molecule has 1 heterocycles. The summed E-state index contributed by atoms with van der Waals surface area (Å²) in [5.41, 5.74) is 3.70. The van der Waals surface area contributed by atoms with Gasteiger partial charge in [0.05, 0.1) is 12.3 Å². The van der Waals surface area contributed by atoms with Gasteiger partial charge in [-0.2, -0.15) is 5.10 Å². The van der Waals surface area contributed by atoms with Gasteiger partial charge in [-0.1, -0.05) is 40.2 Å². The Morgan fingerprint density at radius 2 is 1.86 bits per heavy atom. The summed E-state index contributed by atoms with van der Waals surface area (Å²) in [6, 6.07) is 15.5. The molecule has 144 valence electrons. The van der Waals surface area contributed by atoms with Crippen molar-refractivity contribution < 1.29 is 9.53 Å². The molecule has 0 atom stereocenters. The summed E-state index contributed by atoms with van der Waals surface area (Å²) in [5, 5.41) is 7.41. The van der Waals surface area contributed by atoms with Crippen LogP contribution in [0.15, 0.2) is 59.1 Å². The maximum absolute atomic E-state index is 12.5. The zero-order valence-electron chi connectivity index (χ0n) is 16.1. The molecule has 0 saturated carbocycles. The topological polar surface area (TPSA) is 56.1 Å². The molecule has 6 heteroatoms. The van der Waals surface area contributed by atoms with Crippen LogP contribution < -0.4 is 10.1 Å². The number of hydrogen-bond donors (Lipinski definition) is 1. The molecule has 2 aromatic carbocycles. The second-order valence-corrected chi connectivity index (χ2v) is 7.18. The van der Waals surface area contributed by atoms with E-state index in [1.54, 1.807) is 10.8 Å². The first-order valence-corrected chi connectivity index (χ1v) is 9.78. The summed E-state index contributed by atoms with van der Waals surface area (Å²) in [4.78, 5) is 12.5. The Morgan fingerprint density at radius 3 is 2.50 bits per heavy atom. The number of benzene rings is 2. The van der Waals surface area contributed by atoms with Gasteiger partial charge in [0.1, 0.15) is 11.6 Å². The molecule has 0 bridgehead atoms. The van der Waals surface area contributed by atoms with Crippen molar-refractivity contribution >= 4 is 33.7 Å². The summed E-state index contributed by atoms with van der Waals surface area (Å²) < 4.78 is 8.12. The number of carbonyl (C=O) groups is 1. The minimum atomic E-state index is -0.213. The van der Waals surface area contributed by atoms with Crippen LogP contribution in [-0.2, 0) is 11.8 Å². The highest BCUT2D eigenvalue weighted by molar-refractivity contribution is 9.10. The van der Waals surface area contributed by atoms with Gasteiger partial charge in [-0.15, -0.1) is 0 Å². The molecule has 0 radical (unpaired) electrons. The van der Waals surface area contributed by atoms with E-state index in [0.29, 0.717) is 12.4 Å². The fourth-order valence-corrected chi connectivity index (χ4v) is 3.20. The number of nitrogens with one attached hydrogen (secondary N) is 1. The van der Waals surface area contributed by atoms with Crippen LogP contribution in [0.2, 0.25) is 0 Å². The fraction of sp³-hybridized carbons (Fsp3) is 0.182.